The van der Waals surface area contributed by atoms with Crippen LogP contribution < -0.4 is 0 Å². The summed E-state index contributed by atoms with van der Waals surface area (Å²) in [4.78, 5) is 14.5. The lowest BCUT2D eigenvalue weighted by atomic mass is 10.0. The van der Waals surface area contributed by atoms with Crippen molar-refractivity contribution >= 4 is 29.3 Å². The monoisotopic (exact) mass is 364 g/mol. The quantitative estimate of drug-likeness (QED) is 0.776. The number of likely N-dealkylation sites (tertiary alicyclic amines) is 1. The minimum Gasteiger partial charge on any atom is -0.339 e. The molecular weight excluding hydrogens is 344 g/mol. The third-order valence-electron chi connectivity index (χ3n) is 4.40. The summed E-state index contributed by atoms with van der Waals surface area (Å²) >= 11 is 7.62. The lowest BCUT2D eigenvalue weighted by molar-refractivity contribution is -0.131. The Labute approximate surface area is 151 Å². The van der Waals surface area contributed by atoms with Crippen molar-refractivity contribution in [3.05, 3.63) is 35.1 Å². The van der Waals surface area contributed by atoms with Crippen molar-refractivity contribution in [1.82, 2.24) is 19.7 Å². The van der Waals surface area contributed by atoms with Gasteiger partial charge >= 0.3 is 0 Å². The highest BCUT2D eigenvalue weighted by Crippen LogP contribution is 2.25. The average Bonchev–Trinajstić information content (AvgIpc) is 3.04. The molecule has 2 heterocycles. The van der Waals surface area contributed by atoms with Gasteiger partial charge in [0.2, 0.25) is 5.91 Å². The Kier molecular flexibility index (Phi) is 5.46. The SMILES string of the molecule is Cc1ccc(-n2cnnc2SCC(=O)N2CCCC[C@@H]2C)cc1Cl. The van der Waals surface area contributed by atoms with Crippen molar-refractivity contribution < 1.29 is 4.79 Å². The van der Waals surface area contributed by atoms with Gasteiger partial charge in [0.25, 0.3) is 0 Å². The van der Waals surface area contributed by atoms with Crippen molar-refractivity contribution in [2.75, 3.05) is 12.3 Å². The highest BCUT2D eigenvalue weighted by atomic mass is 35.5. The molecule has 2 aromatic rings. The molecule has 1 fully saturated rings. The van der Waals surface area contributed by atoms with E-state index in [1.54, 1.807) is 6.33 Å². The van der Waals surface area contributed by atoms with Crippen LogP contribution in [-0.4, -0.2) is 43.9 Å². The molecule has 5 nitrogen and oxygen atoms in total. The Balaban J connectivity index is 1.69. The smallest absolute Gasteiger partial charge is 0.233 e. The summed E-state index contributed by atoms with van der Waals surface area (Å²) in [7, 11) is 0. The molecule has 7 heteroatoms. The standard InChI is InChI=1S/C17H21ClN4OS/c1-12-6-7-14(9-15(12)18)22-11-19-20-17(22)24-10-16(23)21-8-4-3-5-13(21)2/h6-7,9,11,13H,3-5,8,10H2,1-2H3/t13-/m0/s1. The summed E-state index contributed by atoms with van der Waals surface area (Å²) in [5.41, 5.74) is 1.92. The van der Waals surface area contributed by atoms with Gasteiger partial charge in [-0.1, -0.05) is 29.4 Å². The van der Waals surface area contributed by atoms with E-state index in [0.717, 1.165) is 30.6 Å². The summed E-state index contributed by atoms with van der Waals surface area (Å²) in [5, 5.41) is 9.53. The maximum atomic E-state index is 12.5. The maximum absolute atomic E-state index is 12.5. The Morgan fingerprint density at radius 3 is 3.00 bits per heavy atom. The van der Waals surface area contributed by atoms with Gasteiger partial charge < -0.3 is 4.90 Å². The zero-order chi connectivity index (χ0) is 17.1. The number of aryl methyl sites for hydroxylation is 1. The molecule has 1 atom stereocenters. The van der Waals surface area contributed by atoms with Crippen molar-refractivity contribution in [3.63, 3.8) is 0 Å². The minimum absolute atomic E-state index is 0.170. The van der Waals surface area contributed by atoms with Crippen molar-refractivity contribution in [2.45, 2.75) is 44.3 Å². The van der Waals surface area contributed by atoms with E-state index in [4.69, 9.17) is 11.6 Å². The number of amides is 1. The van der Waals surface area contributed by atoms with Crippen LogP contribution in [0.2, 0.25) is 5.02 Å². The molecule has 1 saturated heterocycles. The molecule has 1 amide bonds. The van der Waals surface area contributed by atoms with E-state index in [2.05, 4.69) is 17.1 Å². The molecule has 0 saturated carbocycles. The summed E-state index contributed by atoms with van der Waals surface area (Å²) < 4.78 is 1.86. The number of carbonyl (C=O) groups excluding carboxylic acids is 1. The van der Waals surface area contributed by atoms with Gasteiger partial charge in [-0.15, -0.1) is 10.2 Å². The molecule has 3 rings (SSSR count). The molecule has 1 aromatic heterocycles. The molecule has 1 aliphatic heterocycles. The Morgan fingerprint density at radius 2 is 2.25 bits per heavy atom. The number of carbonyl (C=O) groups is 1. The molecule has 128 valence electrons. The first-order valence-corrected chi connectivity index (χ1v) is 9.51. The molecular formula is C17H21ClN4OS. The second-order valence-electron chi connectivity index (χ2n) is 6.14. The van der Waals surface area contributed by atoms with Gasteiger partial charge in [0, 0.05) is 17.6 Å². The van der Waals surface area contributed by atoms with Gasteiger partial charge in [-0.2, -0.15) is 0 Å². The highest BCUT2D eigenvalue weighted by Gasteiger charge is 2.23. The first kappa shape index (κ1) is 17.3. The zero-order valence-electron chi connectivity index (χ0n) is 13.9. The summed E-state index contributed by atoms with van der Waals surface area (Å²) in [6, 6.07) is 6.16. The van der Waals surface area contributed by atoms with E-state index in [0.29, 0.717) is 22.0 Å². The second-order valence-corrected chi connectivity index (χ2v) is 7.49. The van der Waals surface area contributed by atoms with Crippen LogP contribution in [0.5, 0.6) is 0 Å². The van der Waals surface area contributed by atoms with Gasteiger partial charge in [-0.05, 0) is 50.8 Å². The first-order chi connectivity index (χ1) is 11.6. The number of benzene rings is 1. The molecule has 0 aliphatic carbocycles. The van der Waals surface area contributed by atoms with Crippen LogP contribution in [0.15, 0.2) is 29.7 Å². The molecule has 0 N–H and O–H groups in total. The average molecular weight is 365 g/mol. The molecule has 24 heavy (non-hydrogen) atoms. The molecule has 1 aliphatic rings. The van der Waals surface area contributed by atoms with Gasteiger partial charge in [-0.3, -0.25) is 9.36 Å². The number of rotatable bonds is 4. The zero-order valence-corrected chi connectivity index (χ0v) is 15.5. The van der Waals surface area contributed by atoms with Gasteiger partial charge in [0.15, 0.2) is 5.16 Å². The van der Waals surface area contributed by atoms with Crippen LogP contribution in [0.3, 0.4) is 0 Å². The van der Waals surface area contributed by atoms with Gasteiger partial charge in [0.05, 0.1) is 11.4 Å². The van der Waals surface area contributed by atoms with Crippen LogP contribution in [-0.2, 0) is 4.79 Å². The molecule has 0 bridgehead atoms. The number of thioether (sulfide) groups is 1. The number of hydrogen-bond donors (Lipinski definition) is 0. The predicted octanol–water partition coefficient (Wildman–Crippen LogP) is 3.72. The van der Waals surface area contributed by atoms with E-state index in [1.165, 1.54) is 18.2 Å². The first-order valence-electron chi connectivity index (χ1n) is 8.15. The normalized spacial score (nSPS) is 18.0. The molecule has 0 radical (unpaired) electrons. The fourth-order valence-corrected chi connectivity index (χ4v) is 3.90. The fourth-order valence-electron chi connectivity index (χ4n) is 2.91. The van der Waals surface area contributed by atoms with Gasteiger partial charge in [-0.25, -0.2) is 0 Å². The molecule has 0 unspecified atom stereocenters. The Hall–Kier alpha value is -1.53. The lowest BCUT2D eigenvalue weighted by Crippen LogP contribution is -2.42. The Morgan fingerprint density at radius 1 is 1.42 bits per heavy atom. The largest absolute Gasteiger partial charge is 0.339 e. The summed E-state index contributed by atoms with van der Waals surface area (Å²) in [6.07, 6.45) is 5.05. The minimum atomic E-state index is 0.170. The van der Waals surface area contributed by atoms with Gasteiger partial charge in [0.1, 0.15) is 6.33 Å². The summed E-state index contributed by atoms with van der Waals surface area (Å²) in [6.45, 7) is 4.95. The second kappa shape index (κ2) is 7.57. The topological polar surface area (TPSA) is 51.0 Å². The predicted molar refractivity (Wildman–Crippen MR) is 96.9 cm³/mol. The van der Waals surface area contributed by atoms with Crippen LogP contribution in [0, 0.1) is 6.92 Å². The van der Waals surface area contributed by atoms with Crippen LogP contribution in [0.25, 0.3) is 5.69 Å². The highest BCUT2D eigenvalue weighted by molar-refractivity contribution is 7.99. The number of nitrogens with zero attached hydrogens (tertiary/aromatic N) is 4. The lowest BCUT2D eigenvalue weighted by Gasteiger charge is -2.33. The van der Waals surface area contributed by atoms with E-state index in [9.17, 15) is 4.79 Å². The van der Waals surface area contributed by atoms with E-state index >= 15 is 0 Å². The number of aromatic nitrogens is 3. The third kappa shape index (κ3) is 3.75. The van der Waals surface area contributed by atoms with Crippen LogP contribution in [0.1, 0.15) is 31.7 Å². The molecule has 1 aromatic carbocycles. The van der Waals surface area contributed by atoms with E-state index in [1.807, 2.05) is 34.6 Å². The fraction of sp³-hybridized carbons (Fsp3) is 0.471. The van der Waals surface area contributed by atoms with Crippen LogP contribution in [0.4, 0.5) is 0 Å². The third-order valence-corrected chi connectivity index (χ3v) is 5.73. The number of piperidine rings is 1. The number of hydrogen-bond acceptors (Lipinski definition) is 4. The molecule has 0 spiro atoms. The Bertz CT molecular complexity index is 733. The van der Waals surface area contributed by atoms with E-state index in [-0.39, 0.29) is 5.91 Å². The van der Waals surface area contributed by atoms with Crippen molar-refractivity contribution in [1.29, 1.82) is 0 Å². The van der Waals surface area contributed by atoms with E-state index < -0.39 is 0 Å². The van der Waals surface area contributed by atoms with Crippen LogP contribution >= 0.6 is 23.4 Å². The summed E-state index contributed by atoms with van der Waals surface area (Å²) in [5.74, 6) is 0.548. The van der Waals surface area contributed by atoms with Crippen molar-refractivity contribution in [3.8, 4) is 5.69 Å². The maximum Gasteiger partial charge on any atom is 0.233 e. The van der Waals surface area contributed by atoms with Crippen molar-refractivity contribution in [2.24, 2.45) is 0 Å². The number of halogens is 1.